The molecule has 0 aliphatic carbocycles. The zero-order valence-corrected chi connectivity index (χ0v) is 10.8. The second kappa shape index (κ2) is 5.08. The first-order valence-electron chi connectivity index (χ1n) is 5.06. The molecule has 3 nitrogen and oxygen atoms in total. The number of hydrogen-bond donors (Lipinski definition) is 0. The highest BCUT2D eigenvalue weighted by molar-refractivity contribution is 6.38. The Morgan fingerprint density at radius 2 is 2.18 bits per heavy atom. The summed E-state index contributed by atoms with van der Waals surface area (Å²) in [6, 6.07) is 5.35. The molecule has 0 atom stereocenters. The molecule has 0 bridgehead atoms. The smallest absolute Gasteiger partial charge is 0.178 e. The maximum absolute atomic E-state index is 11.5. The number of halogens is 2. The van der Waals surface area contributed by atoms with Crippen LogP contribution < -0.4 is 0 Å². The Kier molecular flexibility index (Phi) is 3.72. The summed E-state index contributed by atoms with van der Waals surface area (Å²) in [4.78, 5) is 11.5. The van der Waals surface area contributed by atoms with Gasteiger partial charge in [-0.15, -0.1) is 0 Å². The average Bonchev–Trinajstić information content (AvgIpc) is 2.62. The standard InChI is InChI=1S/C12H11Cl2NO2/c1-17-7-9(16)6-15-3-2-10-11(14)4-8(13)5-12(10)15/h2-5H,6-7H2,1H3. The van der Waals surface area contributed by atoms with Crippen molar-refractivity contribution in [2.24, 2.45) is 0 Å². The summed E-state index contributed by atoms with van der Waals surface area (Å²) in [7, 11) is 1.50. The molecule has 0 fully saturated rings. The van der Waals surface area contributed by atoms with Crippen LogP contribution in [0.3, 0.4) is 0 Å². The quantitative estimate of drug-likeness (QED) is 0.856. The molecule has 17 heavy (non-hydrogen) atoms. The summed E-state index contributed by atoms with van der Waals surface area (Å²) in [5.41, 5.74) is 0.854. The number of carbonyl (C=O) groups excluding carboxylic acids is 1. The summed E-state index contributed by atoms with van der Waals surface area (Å²) < 4.78 is 6.61. The van der Waals surface area contributed by atoms with Crippen molar-refractivity contribution in [1.29, 1.82) is 0 Å². The fraction of sp³-hybridized carbons (Fsp3) is 0.250. The number of methoxy groups -OCH3 is 1. The number of carbonyl (C=O) groups is 1. The number of aromatic nitrogens is 1. The van der Waals surface area contributed by atoms with Crippen molar-refractivity contribution < 1.29 is 9.53 Å². The van der Waals surface area contributed by atoms with E-state index in [9.17, 15) is 4.79 Å². The molecule has 0 N–H and O–H groups in total. The van der Waals surface area contributed by atoms with Gasteiger partial charge in [-0.25, -0.2) is 0 Å². The van der Waals surface area contributed by atoms with Crippen LogP contribution in [0.4, 0.5) is 0 Å². The molecule has 0 spiro atoms. The number of ether oxygens (including phenoxy) is 1. The Morgan fingerprint density at radius 3 is 2.88 bits per heavy atom. The number of rotatable bonds is 4. The number of hydrogen-bond acceptors (Lipinski definition) is 2. The molecule has 0 unspecified atom stereocenters. The van der Waals surface area contributed by atoms with Crippen molar-refractivity contribution >= 4 is 39.9 Å². The molecule has 0 aliphatic heterocycles. The Balaban J connectivity index is 2.39. The van der Waals surface area contributed by atoms with Gasteiger partial charge >= 0.3 is 0 Å². The van der Waals surface area contributed by atoms with E-state index in [4.69, 9.17) is 27.9 Å². The summed E-state index contributed by atoms with van der Waals surface area (Å²) in [6.07, 6.45) is 1.82. The number of ketones is 1. The van der Waals surface area contributed by atoms with Crippen LogP contribution in [0.25, 0.3) is 10.9 Å². The van der Waals surface area contributed by atoms with Gasteiger partial charge in [0.05, 0.1) is 17.1 Å². The van der Waals surface area contributed by atoms with Gasteiger partial charge in [0, 0.05) is 23.7 Å². The first kappa shape index (κ1) is 12.4. The molecule has 0 saturated heterocycles. The lowest BCUT2D eigenvalue weighted by Gasteiger charge is -2.05. The first-order valence-corrected chi connectivity index (χ1v) is 5.82. The third-order valence-corrected chi connectivity index (χ3v) is 2.99. The Morgan fingerprint density at radius 1 is 1.41 bits per heavy atom. The van der Waals surface area contributed by atoms with E-state index in [0.29, 0.717) is 10.0 Å². The molecular formula is C12H11Cl2NO2. The van der Waals surface area contributed by atoms with Crippen LogP contribution in [-0.4, -0.2) is 24.1 Å². The van der Waals surface area contributed by atoms with Gasteiger partial charge in [0.2, 0.25) is 0 Å². The van der Waals surface area contributed by atoms with Gasteiger partial charge in [-0.05, 0) is 18.2 Å². The van der Waals surface area contributed by atoms with Crippen LogP contribution in [0, 0.1) is 0 Å². The highest BCUT2D eigenvalue weighted by Gasteiger charge is 2.09. The highest BCUT2D eigenvalue weighted by Crippen LogP contribution is 2.28. The molecule has 0 radical (unpaired) electrons. The lowest BCUT2D eigenvalue weighted by Crippen LogP contribution is -2.14. The second-order valence-corrected chi connectivity index (χ2v) is 4.58. The van der Waals surface area contributed by atoms with Crippen LogP contribution in [-0.2, 0) is 16.1 Å². The van der Waals surface area contributed by atoms with Crippen molar-refractivity contribution in [1.82, 2.24) is 4.57 Å². The maximum atomic E-state index is 11.5. The number of fused-ring (bicyclic) bond motifs is 1. The molecule has 2 rings (SSSR count). The molecule has 90 valence electrons. The minimum absolute atomic E-state index is 0.00102. The van der Waals surface area contributed by atoms with E-state index in [1.807, 2.05) is 16.8 Å². The number of benzene rings is 1. The van der Waals surface area contributed by atoms with E-state index in [1.165, 1.54) is 7.11 Å². The molecular weight excluding hydrogens is 261 g/mol. The molecule has 2 aromatic rings. The SMILES string of the molecule is COCC(=O)Cn1ccc2c(Cl)cc(Cl)cc21. The van der Waals surface area contributed by atoms with Crippen LogP contribution in [0.15, 0.2) is 24.4 Å². The molecule has 0 amide bonds. The third-order valence-electron chi connectivity index (χ3n) is 2.46. The van der Waals surface area contributed by atoms with Crippen LogP contribution in [0.1, 0.15) is 0 Å². The second-order valence-electron chi connectivity index (χ2n) is 3.74. The number of Topliss-reactive ketones (excluding diaryl/α,β-unsaturated/α-hetero) is 1. The molecule has 1 aromatic carbocycles. The summed E-state index contributed by atoms with van der Waals surface area (Å²) in [5, 5.41) is 2.04. The van der Waals surface area contributed by atoms with Gasteiger partial charge in [0.25, 0.3) is 0 Å². The fourth-order valence-electron chi connectivity index (χ4n) is 1.75. The van der Waals surface area contributed by atoms with Gasteiger partial charge in [-0.3, -0.25) is 4.79 Å². The predicted molar refractivity (Wildman–Crippen MR) is 68.8 cm³/mol. The van der Waals surface area contributed by atoms with Crippen molar-refractivity contribution in [3.63, 3.8) is 0 Å². The molecule has 0 aliphatic rings. The monoisotopic (exact) mass is 271 g/mol. The molecule has 0 saturated carbocycles. The first-order chi connectivity index (χ1) is 8.11. The van der Waals surface area contributed by atoms with Crippen LogP contribution >= 0.6 is 23.2 Å². The minimum Gasteiger partial charge on any atom is -0.377 e. The van der Waals surface area contributed by atoms with E-state index in [-0.39, 0.29) is 18.9 Å². The lowest BCUT2D eigenvalue weighted by atomic mass is 10.2. The van der Waals surface area contributed by atoms with Crippen molar-refractivity contribution in [2.75, 3.05) is 13.7 Å². The third kappa shape index (κ3) is 2.63. The maximum Gasteiger partial charge on any atom is 0.178 e. The van der Waals surface area contributed by atoms with Crippen molar-refractivity contribution in [3.8, 4) is 0 Å². The van der Waals surface area contributed by atoms with E-state index in [1.54, 1.807) is 12.1 Å². The Labute approximate surface area is 109 Å². The summed E-state index contributed by atoms with van der Waals surface area (Å²) >= 11 is 12.0. The zero-order chi connectivity index (χ0) is 12.4. The van der Waals surface area contributed by atoms with Crippen molar-refractivity contribution in [2.45, 2.75) is 6.54 Å². The van der Waals surface area contributed by atoms with Crippen LogP contribution in [0.2, 0.25) is 10.0 Å². The molecule has 1 heterocycles. The average molecular weight is 272 g/mol. The van der Waals surface area contributed by atoms with Gasteiger partial charge in [0.15, 0.2) is 5.78 Å². The topological polar surface area (TPSA) is 31.2 Å². The van der Waals surface area contributed by atoms with Gasteiger partial charge in [-0.1, -0.05) is 23.2 Å². The largest absolute Gasteiger partial charge is 0.377 e. The van der Waals surface area contributed by atoms with E-state index < -0.39 is 0 Å². The fourth-order valence-corrected chi connectivity index (χ4v) is 2.30. The van der Waals surface area contributed by atoms with E-state index in [2.05, 4.69) is 0 Å². The van der Waals surface area contributed by atoms with E-state index in [0.717, 1.165) is 10.9 Å². The molecule has 1 aromatic heterocycles. The summed E-state index contributed by atoms with van der Waals surface area (Å²) in [6.45, 7) is 0.363. The van der Waals surface area contributed by atoms with Crippen molar-refractivity contribution in [3.05, 3.63) is 34.4 Å². The molecule has 5 heteroatoms. The predicted octanol–water partition coefficient (Wildman–Crippen LogP) is 3.16. The normalized spacial score (nSPS) is 11.0. The Bertz CT molecular complexity index is 563. The number of nitrogens with zero attached hydrogens (tertiary/aromatic N) is 1. The van der Waals surface area contributed by atoms with Gasteiger partial charge < -0.3 is 9.30 Å². The Hall–Kier alpha value is -1.03. The lowest BCUT2D eigenvalue weighted by molar-refractivity contribution is -0.123. The van der Waals surface area contributed by atoms with Gasteiger partial charge in [0.1, 0.15) is 6.61 Å². The van der Waals surface area contributed by atoms with E-state index >= 15 is 0 Å². The van der Waals surface area contributed by atoms with Crippen LogP contribution in [0.5, 0.6) is 0 Å². The minimum atomic E-state index is 0.00102. The highest BCUT2D eigenvalue weighted by atomic mass is 35.5. The zero-order valence-electron chi connectivity index (χ0n) is 9.24. The van der Waals surface area contributed by atoms with Gasteiger partial charge in [-0.2, -0.15) is 0 Å². The summed E-state index contributed by atoms with van der Waals surface area (Å²) in [5.74, 6) is 0.00102.